The number of hydrogen-bond acceptors (Lipinski definition) is 6. The van der Waals surface area contributed by atoms with Crippen LogP contribution < -0.4 is 5.32 Å². The Morgan fingerprint density at radius 3 is 2.90 bits per heavy atom. The molecule has 0 spiro atoms. The summed E-state index contributed by atoms with van der Waals surface area (Å²) >= 11 is 7.18. The number of carbonyl (C=O) groups excluding carboxylic acids is 1. The van der Waals surface area contributed by atoms with Gasteiger partial charge < -0.3 is 10.4 Å². The van der Waals surface area contributed by atoms with E-state index in [4.69, 9.17) is 16.7 Å². The van der Waals surface area contributed by atoms with Gasteiger partial charge in [-0.25, -0.2) is 9.97 Å². The van der Waals surface area contributed by atoms with Crippen molar-refractivity contribution in [2.75, 3.05) is 11.6 Å². The molecular weight excluding hydrogens is 318 g/mol. The first-order valence-electron chi connectivity index (χ1n) is 5.61. The normalized spacial score (nSPS) is 10.4. The lowest BCUT2D eigenvalue weighted by Crippen LogP contribution is -2.15. The summed E-state index contributed by atoms with van der Waals surface area (Å²) in [6, 6.07) is 0. The predicted octanol–water partition coefficient (Wildman–Crippen LogP) is 1.39. The maximum atomic E-state index is 12.1. The molecule has 2 N–H and O–H groups in total. The zero-order valence-corrected chi connectivity index (χ0v) is 12.4. The molecule has 0 atom stereocenters. The van der Waals surface area contributed by atoms with Gasteiger partial charge in [0.2, 0.25) is 0 Å². The maximum Gasteiger partial charge on any atom is 0.325 e. The quantitative estimate of drug-likeness (QED) is 0.630. The van der Waals surface area contributed by atoms with Crippen molar-refractivity contribution in [3.8, 4) is 0 Å². The van der Waals surface area contributed by atoms with Gasteiger partial charge in [-0.3, -0.25) is 14.3 Å². The van der Waals surface area contributed by atoms with E-state index in [-0.39, 0.29) is 17.3 Å². The summed E-state index contributed by atoms with van der Waals surface area (Å²) in [6.07, 6.45) is 5.87. The monoisotopic (exact) mass is 327 g/mol. The highest BCUT2D eigenvalue weighted by Crippen LogP contribution is 2.18. The molecule has 2 aromatic heterocycles. The van der Waals surface area contributed by atoms with Gasteiger partial charge in [-0.1, -0.05) is 23.4 Å². The molecule has 0 aliphatic rings. The van der Waals surface area contributed by atoms with E-state index in [9.17, 15) is 9.59 Å². The molecule has 10 heteroatoms. The Balaban J connectivity index is 2.14. The van der Waals surface area contributed by atoms with Crippen LogP contribution in [-0.2, 0) is 11.3 Å². The van der Waals surface area contributed by atoms with Gasteiger partial charge in [0.1, 0.15) is 6.54 Å². The number of halogens is 1. The Morgan fingerprint density at radius 1 is 1.48 bits per heavy atom. The number of aromatic nitrogens is 4. The summed E-state index contributed by atoms with van der Waals surface area (Å²) < 4.78 is 1.19. The number of rotatable bonds is 5. The summed E-state index contributed by atoms with van der Waals surface area (Å²) in [4.78, 5) is 30.6. The van der Waals surface area contributed by atoms with Gasteiger partial charge in [-0.2, -0.15) is 5.10 Å². The van der Waals surface area contributed by atoms with Crippen LogP contribution in [0, 0.1) is 0 Å². The van der Waals surface area contributed by atoms with Crippen molar-refractivity contribution in [2.45, 2.75) is 11.7 Å². The zero-order chi connectivity index (χ0) is 15.4. The van der Waals surface area contributed by atoms with E-state index in [2.05, 4.69) is 20.4 Å². The van der Waals surface area contributed by atoms with Crippen LogP contribution in [-0.4, -0.2) is 43.0 Å². The number of amides is 1. The molecule has 0 saturated carbocycles. The molecular formula is C11H10ClN5O3S. The Hall–Kier alpha value is -2.13. The van der Waals surface area contributed by atoms with Crippen LogP contribution in [0.2, 0.25) is 5.02 Å². The number of nitrogens with zero attached hydrogens (tertiary/aromatic N) is 4. The number of carboxylic acid groups (broad SMARTS) is 1. The summed E-state index contributed by atoms with van der Waals surface area (Å²) in [5.41, 5.74) is 0.392. The van der Waals surface area contributed by atoms with Gasteiger partial charge in [-0.05, 0) is 6.26 Å². The second kappa shape index (κ2) is 6.55. The van der Waals surface area contributed by atoms with E-state index in [1.165, 1.54) is 35.0 Å². The third-order valence-electron chi connectivity index (χ3n) is 2.31. The molecule has 1 amide bonds. The molecule has 0 bridgehead atoms. The van der Waals surface area contributed by atoms with Crippen LogP contribution in [0.1, 0.15) is 10.5 Å². The summed E-state index contributed by atoms with van der Waals surface area (Å²) in [7, 11) is 0. The van der Waals surface area contributed by atoms with Gasteiger partial charge in [-0.15, -0.1) is 0 Å². The van der Waals surface area contributed by atoms with E-state index in [0.717, 1.165) is 0 Å². The van der Waals surface area contributed by atoms with E-state index in [0.29, 0.717) is 10.8 Å². The fourth-order valence-corrected chi connectivity index (χ4v) is 1.97. The lowest BCUT2D eigenvalue weighted by Gasteiger charge is -2.04. The minimum Gasteiger partial charge on any atom is -0.480 e. The van der Waals surface area contributed by atoms with Crippen molar-refractivity contribution in [3.05, 3.63) is 29.3 Å². The maximum absolute atomic E-state index is 12.1. The van der Waals surface area contributed by atoms with Gasteiger partial charge in [0, 0.05) is 6.20 Å². The fraction of sp³-hybridized carbons (Fsp3) is 0.182. The highest BCUT2D eigenvalue weighted by Gasteiger charge is 2.15. The molecule has 0 fully saturated rings. The summed E-state index contributed by atoms with van der Waals surface area (Å²) in [6.45, 7) is -0.291. The van der Waals surface area contributed by atoms with Gasteiger partial charge in [0.25, 0.3) is 5.91 Å². The molecule has 2 aromatic rings. The molecule has 0 aliphatic heterocycles. The van der Waals surface area contributed by atoms with Crippen molar-refractivity contribution >= 4 is 40.9 Å². The summed E-state index contributed by atoms with van der Waals surface area (Å²) in [5.74, 6) is -1.55. The molecule has 21 heavy (non-hydrogen) atoms. The van der Waals surface area contributed by atoms with E-state index < -0.39 is 11.9 Å². The Labute approximate surface area is 128 Å². The SMILES string of the molecule is CSc1ncc(Cl)c(C(=O)Nc2cnn(CC(=O)O)c2)n1. The fourth-order valence-electron chi connectivity index (χ4n) is 1.45. The van der Waals surface area contributed by atoms with E-state index >= 15 is 0 Å². The van der Waals surface area contributed by atoms with Crippen LogP contribution in [0.25, 0.3) is 0 Å². The minimum absolute atomic E-state index is 0.0435. The van der Waals surface area contributed by atoms with Crippen molar-refractivity contribution in [2.24, 2.45) is 0 Å². The lowest BCUT2D eigenvalue weighted by molar-refractivity contribution is -0.137. The third kappa shape index (κ3) is 3.92. The number of aliphatic carboxylic acids is 1. The molecule has 0 unspecified atom stereocenters. The largest absolute Gasteiger partial charge is 0.480 e. The number of hydrogen-bond donors (Lipinski definition) is 2. The molecule has 2 heterocycles. The standard InChI is InChI=1S/C11H10ClN5O3S/c1-21-11-13-3-7(12)9(16-11)10(20)15-6-2-14-17(4-6)5-8(18)19/h2-4H,5H2,1H3,(H,15,20)(H,18,19). The van der Waals surface area contributed by atoms with Crippen molar-refractivity contribution in [1.82, 2.24) is 19.7 Å². The van der Waals surface area contributed by atoms with E-state index in [1.54, 1.807) is 6.26 Å². The second-order valence-corrected chi connectivity index (χ2v) is 5.01. The molecule has 0 saturated heterocycles. The van der Waals surface area contributed by atoms with Crippen LogP contribution >= 0.6 is 23.4 Å². The van der Waals surface area contributed by atoms with Crippen molar-refractivity contribution in [3.63, 3.8) is 0 Å². The Bertz CT molecular complexity index is 690. The molecule has 0 aromatic carbocycles. The molecule has 8 nitrogen and oxygen atoms in total. The van der Waals surface area contributed by atoms with Crippen molar-refractivity contribution in [1.29, 1.82) is 0 Å². The van der Waals surface area contributed by atoms with Gasteiger partial charge in [0.05, 0.1) is 23.1 Å². The highest BCUT2D eigenvalue weighted by atomic mass is 35.5. The number of thioether (sulfide) groups is 1. The van der Waals surface area contributed by atoms with Gasteiger partial charge in [0.15, 0.2) is 10.9 Å². The van der Waals surface area contributed by atoms with Crippen LogP contribution in [0.4, 0.5) is 5.69 Å². The first kappa shape index (κ1) is 15.3. The number of nitrogens with one attached hydrogen (secondary N) is 1. The topological polar surface area (TPSA) is 110 Å². The highest BCUT2D eigenvalue weighted by molar-refractivity contribution is 7.98. The minimum atomic E-state index is -1.03. The molecule has 0 aliphatic carbocycles. The second-order valence-electron chi connectivity index (χ2n) is 3.83. The zero-order valence-electron chi connectivity index (χ0n) is 10.8. The van der Waals surface area contributed by atoms with Crippen LogP contribution in [0.5, 0.6) is 0 Å². The average Bonchev–Trinajstić information content (AvgIpc) is 2.85. The average molecular weight is 328 g/mol. The first-order valence-corrected chi connectivity index (χ1v) is 7.22. The predicted molar refractivity (Wildman–Crippen MR) is 76.6 cm³/mol. The number of carbonyl (C=O) groups is 2. The van der Waals surface area contributed by atoms with E-state index in [1.807, 2.05) is 0 Å². The number of anilines is 1. The third-order valence-corrected chi connectivity index (χ3v) is 3.15. The summed E-state index contributed by atoms with van der Waals surface area (Å²) in [5, 5.41) is 15.6. The number of carboxylic acids is 1. The lowest BCUT2D eigenvalue weighted by atomic mass is 10.3. The Morgan fingerprint density at radius 2 is 2.24 bits per heavy atom. The van der Waals surface area contributed by atoms with Crippen LogP contribution in [0.3, 0.4) is 0 Å². The smallest absolute Gasteiger partial charge is 0.325 e. The first-order chi connectivity index (χ1) is 9.99. The molecule has 110 valence electrons. The van der Waals surface area contributed by atoms with Crippen LogP contribution in [0.15, 0.2) is 23.7 Å². The van der Waals surface area contributed by atoms with Crippen molar-refractivity contribution < 1.29 is 14.7 Å². The molecule has 0 radical (unpaired) electrons. The van der Waals surface area contributed by atoms with Gasteiger partial charge >= 0.3 is 5.97 Å². The molecule has 2 rings (SSSR count). The Kier molecular flexibility index (Phi) is 4.76.